The van der Waals surface area contributed by atoms with Gasteiger partial charge in [-0.05, 0) is 19.3 Å². The fourth-order valence-corrected chi connectivity index (χ4v) is 0.964. The van der Waals surface area contributed by atoms with Crippen LogP contribution in [0, 0.1) is 5.92 Å². The summed E-state index contributed by atoms with van der Waals surface area (Å²) in [5.74, 6) is 0.722. The van der Waals surface area contributed by atoms with Gasteiger partial charge in [-0.25, -0.2) is 0 Å². The second-order valence-corrected chi connectivity index (χ2v) is 3.06. The van der Waals surface area contributed by atoms with Crippen LogP contribution in [0.2, 0.25) is 0 Å². The molecule has 0 saturated heterocycles. The van der Waals surface area contributed by atoms with Gasteiger partial charge in [-0.1, -0.05) is 19.9 Å². The summed E-state index contributed by atoms with van der Waals surface area (Å²) in [5.41, 5.74) is 0. The van der Waals surface area contributed by atoms with Gasteiger partial charge in [0.15, 0.2) is 0 Å². The SMILES string of the molecule is C=CCO[C@@H](C)CC(C)C. The van der Waals surface area contributed by atoms with E-state index in [4.69, 9.17) is 4.74 Å². The Morgan fingerprint density at radius 2 is 2.00 bits per heavy atom. The lowest BCUT2D eigenvalue weighted by Gasteiger charge is -2.13. The molecule has 0 aliphatic rings. The van der Waals surface area contributed by atoms with Gasteiger partial charge in [0.25, 0.3) is 0 Å². The molecule has 0 bridgehead atoms. The van der Waals surface area contributed by atoms with Crippen LogP contribution in [0.4, 0.5) is 0 Å². The van der Waals surface area contributed by atoms with Crippen LogP contribution in [0.3, 0.4) is 0 Å². The number of hydrogen-bond acceptors (Lipinski definition) is 1. The van der Waals surface area contributed by atoms with Crippen LogP contribution in [0.5, 0.6) is 0 Å². The van der Waals surface area contributed by atoms with Crippen molar-refractivity contribution in [3.05, 3.63) is 12.7 Å². The third kappa shape index (κ3) is 5.83. The molecule has 0 saturated carbocycles. The monoisotopic (exact) mass is 142 g/mol. The summed E-state index contributed by atoms with van der Waals surface area (Å²) in [6.07, 6.45) is 3.29. The Bertz CT molecular complexity index is 86.7. The minimum Gasteiger partial charge on any atom is -0.374 e. The molecule has 1 atom stereocenters. The molecule has 0 fully saturated rings. The molecule has 10 heavy (non-hydrogen) atoms. The summed E-state index contributed by atoms with van der Waals surface area (Å²) in [6, 6.07) is 0. The first kappa shape index (κ1) is 9.70. The number of hydrogen-bond donors (Lipinski definition) is 0. The second kappa shape index (κ2) is 5.48. The van der Waals surface area contributed by atoms with Crippen molar-refractivity contribution < 1.29 is 4.74 Å². The molecule has 0 aromatic carbocycles. The molecule has 0 amide bonds. The summed E-state index contributed by atoms with van der Waals surface area (Å²) in [4.78, 5) is 0. The van der Waals surface area contributed by atoms with Gasteiger partial charge in [-0.2, -0.15) is 0 Å². The first-order chi connectivity index (χ1) is 4.66. The van der Waals surface area contributed by atoms with Crippen molar-refractivity contribution in [3.8, 4) is 0 Å². The van der Waals surface area contributed by atoms with Gasteiger partial charge < -0.3 is 4.74 Å². The molecule has 0 N–H and O–H groups in total. The molecule has 0 aromatic heterocycles. The first-order valence-corrected chi connectivity index (χ1v) is 3.89. The highest BCUT2D eigenvalue weighted by atomic mass is 16.5. The Hall–Kier alpha value is -0.300. The van der Waals surface area contributed by atoms with Crippen molar-refractivity contribution in [2.45, 2.75) is 33.3 Å². The van der Waals surface area contributed by atoms with Crippen LogP contribution in [0.15, 0.2) is 12.7 Å². The third-order valence-electron chi connectivity index (χ3n) is 1.30. The van der Waals surface area contributed by atoms with Crippen molar-refractivity contribution in [1.82, 2.24) is 0 Å². The van der Waals surface area contributed by atoms with Gasteiger partial charge in [0.05, 0.1) is 12.7 Å². The van der Waals surface area contributed by atoms with Crippen LogP contribution in [0.25, 0.3) is 0 Å². The topological polar surface area (TPSA) is 9.23 Å². The molecule has 0 spiro atoms. The molecular weight excluding hydrogens is 124 g/mol. The van der Waals surface area contributed by atoms with Crippen LogP contribution < -0.4 is 0 Å². The highest BCUT2D eigenvalue weighted by Gasteiger charge is 2.02. The maximum atomic E-state index is 5.38. The lowest BCUT2D eigenvalue weighted by atomic mass is 10.1. The zero-order chi connectivity index (χ0) is 7.98. The lowest BCUT2D eigenvalue weighted by Crippen LogP contribution is -2.10. The molecule has 0 rings (SSSR count). The molecule has 0 radical (unpaired) electrons. The third-order valence-corrected chi connectivity index (χ3v) is 1.30. The van der Waals surface area contributed by atoms with Gasteiger partial charge in [0, 0.05) is 0 Å². The van der Waals surface area contributed by atoms with Gasteiger partial charge in [0.2, 0.25) is 0 Å². The van der Waals surface area contributed by atoms with E-state index in [1.165, 1.54) is 0 Å². The summed E-state index contributed by atoms with van der Waals surface area (Å²) in [7, 11) is 0. The van der Waals surface area contributed by atoms with Crippen molar-refractivity contribution >= 4 is 0 Å². The van der Waals surface area contributed by atoms with E-state index in [1.54, 1.807) is 6.08 Å². The van der Waals surface area contributed by atoms with Crippen LogP contribution in [-0.4, -0.2) is 12.7 Å². The Morgan fingerprint density at radius 3 is 2.40 bits per heavy atom. The van der Waals surface area contributed by atoms with Gasteiger partial charge >= 0.3 is 0 Å². The van der Waals surface area contributed by atoms with E-state index in [9.17, 15) is 0 Å². The average molecular weight is 142 g/mol. The summed E-state index contributed by atoms with van der Waals surface area (Å²) < 4.78 is 5.38. The maximum absolute atomic E-state index is 5.38. The average Bonchev–Trinajstić information content (AvgIpc) is 1.82. The molecule has 1 nitrogen and oxygen atoms in total. The van der Waals surface area contributed by atoms with Crippen LogP contribution in [-0.2, 0) is 4.74 Å². The van der Waals surface area contributed by atoms with E-state index < -0.39 is 0 Å². The standard InChI is InChI=1S/C9H18O/c1-5-6-10-9(4)7-8(2)3/h5,8-9H,1,6-7H2,2-4H3/t9-/m0/s1. The van der Waals surface area contributed by atoms with Crippen LogP contribution in [0.1, 0.15) is 27.2 Å². The van der Waals surface area contributed by atoms with Crippen LogP contribution >= 0.6 is 0 Å². The summed E-state index contributed by atoms with van der Waals surface area (Å²) in [6.45, 7) is 10.8. The smallest absolute Gasteiger partial charge is 0.0648 e. The summed E-state index contributed by atoms with van der Waals surface area (Å²) >= 11 is 0. The highest BCUT2D eigenvalue weighted by Crippen LogP contribution is 2.06. The van der Waals surface area contributed by atoms with Gasteiger partial charge in [0.1, 0.15) is 0 Å². The van der Waals surface area contributed by atoms with Crippen molar-refractivity contribution in [2.75, 3.05) is 6.61 Å². The molecule has 60 valence electrons. The molecule has 0 aromatic rings. The minimum atomic E-state index is 0.373. The fourth-order valence-electron chi connectivity index (χ4n) is 0.964. The second-order valence-electron chi connectivity index (χ2n) is 3.06. The first-order valence-electron chi connectivity index (χ1n) is 3.89. The zero-order valence-electron chi connectivity index (χ0n) is 7.26. The highest BCUT2D eigenvalue weighted by molar-refractivity contribution is 4.65. The quantitative estimate of drug-likeness (QED) is 0.536. The van der Waals surface area contributed by atoms with E-state index in [0.29, 0.717) is 12.7 Å². The van der Waals surface area contributed by atoms with Crippen molar-refractivity contribution in [1.29, 1.82) is 0 Å². The minimum absolute atomic E-state index is 0.373. The molecule has 0 heterocycles. The largest absolute Gasteiger partial charge is 0.374 e. The van der Waals surface area contributed by atoms with E-state index in [2.05, 4.69) is 27.4 Å². The Balaban J connectivity index is 3.24. The molecule has 1 heteroatoms. The molecule has 0 unspecified atom stereocenters. The lowest BCUT2D eigenvalue weighted by molar-refractivity contribution is 0.0726. The van der Waals surface area contributed by atoms with Crippen molar-refractivity contribution in [2.24, 2.45) is 5.92 Å². The maximum Gasteiger partial charge on any atom is 0.0648 e. The zero-order valence-corrected chi connectivity index (χ0v) is 7.26. The molecular formula is C9H18O. The fraction of sp³-hybridized carbons (Fsp3) is 0.778. The number of rotatable bonds is 5. The molecule has 0 aliphatic heterocycles. The Kier molecular flexibility index (Phi) is 5.32. The Morgan fingerprint density at radius 1 is 1.40 bits per heavy atom. The van der Waals surface area contributed by atoms with E-state index >= 15 is 0 Å². The number of ether oxygens (including phenoxy) is 1. The van der Waals surface area contributed by atoms with Gasteiger partial charge in [-0.15, -0.1) is 6.58 Å². The van der Waals surface area contributed by atoms with Crippen molar-refractivity contribution in [3.63, 3.8) is 0 Å². The normalized spacial score (nSPS) is 13.6. The predicted octanol–water partition coefficient (Wildman–Crippen LogP) is 2.62. The Labute approximate surface area is 64.1 Å². The van der Waals surface area contributed by atoms with E-state index in [0.717, 1.165) is 12.3 Å². The van der Waals surface area contributed by atoms with E-state index in [1.807, 2.05) is 0 Å². The summed E-state index contributed by atoms with van der Waals surface area (Å²) in [5, 5.41) is 0. The van der Waals surface area contributed by atoms with Gasteiger partial charge in [-0.3, -0.25) is 0 Å². The predicted molar refractivity (Wildman–Crippen MR) is 45.1 cm³/mol. The van der Waals surface area contributed by atoms with E-state index in [-0.39, 0.29) is 0 Å². The molecule has 0 aliphatic carbocycles.